The van der Waals surface area contributed by atoms with E-state index in [1.54, 1.807) is 4.90 Å². The molecule has 15 heavy (non-hydrogen) atoms. The lowest BCUT2D eigenvalue weighted by atomic mass is 10.1. The Morgan fingerprint density at radius 2 is 2.27 bits per heavy atom. The SMILES string of the molecule is CCCOCCC(=O)N1CCCC(=O)C1. The predicted molar refractivity (Wildman–Crippen MR) is 56.5 cm³/mol. The summed E-state index contributed by atoms with van der Waals surface area (Å²) in [5, 5.41) is 0. The highest BCUT2D eigenvalue weighted by atomic mass is 16.5. The molecule has 1 aliphatic heterocycles. The molecule has 0 saturated carbocycles. The maximum Gasteiger partial charge on any atom is 0.225 e. The van der Waals surface area contributed by atoms with Gasteiger partial charge >= 0.3 is 0 Å². The quantitative estimate of drug-likeness (QED) is 0.640. The summed E-state index contributed by atoms with van der Waals surface area (Å²) in [7, 11) is 0. The number of carbonyl (C=O) groups excluding carboxylic acids is 2. The molecular formula is C11H19NO3. The first-order valence-electron chi connectivity index (χ1n) is 5.61. The molecule has 0 aromatic heterocycles. The van der Waals surface area contributed by atoms with E-state index in [9.17, 15) is 9.59 Å². The molecule has 1 rings (SSSR count). The largest absolute Gasteiger partial charge is 0.381 e. The second kappa shape index (κ2) is 6.56. The number of amides is 1. The van der Waals surface area contributed by atoms with E-state index in [1.165, 1.54) is 0 Å². The summed E-state index contributed by atoms with van der Waals surface area (Å²) in [5.74, 6) is 0.211. The fraction of sp³-hybridized carbons (Fsp3) is 0.818. The van der Waals surface area contributed by atoms with Crippen molar-refractivity contribution in [2.45, 2.75) is 32.6 Å². The van der Waals surface area contributed by atoms with Crippen LogP contribution in [0.5, 0.6) is 0 Å². The minimum absolute atomic E-state index is 0.0409. The van der Waals surface area contributed by atoms with Crippen molar-refractivity contribution < 1.29 is 14.3 Å². The van der Waals surface area contributed by atoms with Crippen molar-refractivity contribution in [3.63, 3.8) is 0 Å². The lowest BCUT2D eigenvalue weighted by Crippen LogP contribution is -2.40. The Kier molecular flexibility index (Phi) is 5.32. The maximum atomic E-state index is 11.6. The number of likely N-dealkylation sites (tertiary alicyclic amines) is 1. The van der Waals surface area contributed by atoms with Crippen LogP contribution < -0.4 is 0 Å². The van der Waals surface area contributed by atoms with E-state index >= 15 is 0 Å². The molecule has 1 heterocycles. The van der Waals surface area contributed by atoms with Crippen LogP contribution in [0.25, 0.3) is 0 Å². The number of ether oxygens (including phenoxy) is 1. The number of hydrogen-bond donors (Lipinski definition) is 0. The molecule has 4 nitrogen and oxygen atoms in total. The zero-order chi connectivity index (χ0) is 11.1. The van der Waals surface area contributed by atoms with E-state index in [2.05, 4.69) is 0 Å². The van der Waals surface area contributed by atoms with Crippen molar-refractivity contribution in [2.75, 3.05) is 26.3 Å². The van der Waals surface area contributed by atoms with Gasteiger partial charge in [-0.05, 0) is 12.8 Å². The van der Waals surface area contributed by atoms with Gasteiger partial charge in [-0.1, -0.05) is 6.92 Å². The van der Waals surface area contributed by atoms with Gasteiger partial charge in [-0.2, -0.15) is 0 Å². The van der Waals surface area contributed by atoms with Crippen molar-refractivity contribution in [3.8, 4) is 0 Å². The van der Waals surface area contributed by atoms with Crippen LogP contribution in [0, 0.1) is 0 Å². The molecule has 0 aromatic rings. The first-order chi connectivity index (χ1) is 7.24. The van der Waals surface area contributed by atoms with Gasteiger partial charge in [-0.15, -0.1) is 0 Å². The Hall–Kier alpha value is -0.900. The number of carbonyl (C=O) groups is 2. The fourth-order valence-corrected chi connectivity index (χ4v) is 1.61. The van der Waals surface area contributed by atoms with E-state index in [-0.39, 0.29) is 11.7 Å². The lowest BCUT2D eigenvalue weighted by molar-refractivity contribution is -0.138. The van der Waals surface area contributed by atoms with Gasteiger partial charge in [-0.25, -0.2) is 0 Å². The van der Waals surface area contributed by atoms with Gasteiger partial charge in [0.05, 0.1) is 19.6 Å². The fourth-order valence-electron chi connectivity index (χ4n) is 1.61. The van der Waals surface area contributed by atoms with Gasteiger partial charge in [0, 0.05) is 19.6 Å². The van der Waals surface area contributed by atoms with Crippen LogP contribution in [0.2, 0.25) is 0 Å². The van der Waals surface area contributed by atoms with E-state index in [1.807, 2.05) is 6.92 Å². The monoisotopic (exact) mass is 213 g/mol. The number of piperidine rings is 1. The molecule has 0 spiro atoms. The molecule has 86 valence electrons. The molecule has 0 bridgehead atoms. The predicted octanol–water partition coefficient (Wildman–Crippen LogP) is 0.995. The molecule has 1 amide bonds. The highest BCUT2D eigenvalue weighted by Gasteiger charge is 2.20. The van der Waals surface area contributed by atoms with E-state index < -0.39 is 0 Å². The maximum absolute atomic E-state index is 11.6. The Morgan fingerprint density at radius 3 is 2.93 bits per heavy atom. The molecule has 0 radical (unpaired) electrons. The van der Waals surface area contributed by atoms with Crippen LogP contribution in [0.1, 0.15) is 32.6 Å². The van der Waals surface area contributed by atoms with Gasteiger partial charge in [0.2, 0.25) is 5.91 Å². The number of rotatable bonds is 5. The van der Waals surface area contributed by atoms with Gasteiger partial charge in [-0.3, -0.25) is 9.59 Å². The number of hydrogen-bond acceptors (Lipinski definition) is 3. The second-order valence-electron chi connectivity index (χ2n) is 3.82. The highest BCUT2D eigenvalue weighted by Crippen LogP contribution is 2.07. The second-order valence-corrected chi connectivity index (χ2v) is 3.82. The molecule has 0 aliphatic carbocycles. The van der Waals surface area contributed by atoms with Crippen LogP contribution in [-0.4, -0.2) is 42.9 Å². The van der Waals surface area contributed by atoms with Crippen molar-refractivity contribution in [1.82, 2.24) is 4.90 Å². The standard InChI is InChI=1S/C11H19NO3/c1-2-7-15-8-5-11(14)12-6-3-4-10(13)9-12/h2-9H2,1H3. The zero-order valence-electron chi connectivity index (χ0n) is 9.33. The van der Waals surface area contributed by atoms with Crippen molar-refractivity contribution in [3.05, 3.63) is 0 Å². The van der Waals surface area contributed by atoms with Gasteiger partial charge < -0.3 is 9.64 Å². The van der Waals surface area contributed by atoms with E-state index in [4.69, 9.17) is 4.74 Å². The summed E-state index contributed by atoms with van der Waals surface area (Å²) in [6.45, 7) is 4.22. The minimum atomic E-state index is 0.0409. The Morgan fingerprint density at radius 1 is 1.47 bits per heavy atom. The first-order valence-corrected chi connectivity index (χ1v) is 5.61. The van der Waals surface area contributed by atoms with Crippen LogP contribution in [0.3, 0.4) is 0 Å². The third kappa shape index (κ3) is 4.42. The van der Waals surface area contributed by atoms with Gasteiger partial charge in [0.25, 0.3) is 0 Å². The van der Waals surface area contributed by atoms with Crippen LogP contribution >= 0.6 is 0 Å². The van der Waals surface area contributed by atoms with E-state index in [0.29, 0.717) is 32.6 Å². The Bertz CT molecular complexity index is 228. The van der Waals surface area contributed by atoms with Crippen LogP contribution in [0.15, 0.2) is 0 Å². The van der Waals surface area contributed by atoms with Crippen LogP contribution in [-0.2, 0) is 14.3 Å². The summed E-state index contributed by atoms with van der Waals surface area (Å²) in [5.41, 5.74) is 0. The van der Waals surface area contributed by atoms with Crippen LogP contribution in [0.4, 0.5) is 0 Å². The van der Waals surface area contributed by atoms with Crippen molar-refractivity contribution in [1.29, 1.82) is 0 Å². The third-order valence-corrected chi connectivity index (χ3v) is 2.41. The molecule has 0 aromatic carbocycles. The summed E-state index contributed by atoms with van der Waals surface area (Å²) < 4.78 is 5.24. The normalized spacial score (nSPS) is 16.9. The number of ketones is 1. The smallest absolute Gasteiger partial charge is 0.225 e. The zero-order valence-corrected chi connectivity index (χ0v) is 9.33. The summed E-state index contributed by atoms with van der Waals surface area (Å²) in [6.07, 6.45) is 2.79. The topological polar surface area (TPSA) is 46.6 Å². The minimum Gasteiger partial charge on any atom is -0.381 e. The summed E-state index contributed by atoms with van der Waals surface area (Å²) >= 11 is 0. The molecule has 1 aliphatic rings. The molecule has 0 unspecified atom stereocenters. The lowest BCUT2D eigenvalue weighted by Gasteiger charge is -2.25. The molecule has 1 saturated heterocycles. The molecular weight excluding hydrogens is 194 g/mol. The van der Waals surface area contributed by atoms with Gasteiger partial charge in [0.15, 0.2) is 5.78 Å². The summed E-state index contributed by atoms with van der Waals surface area (Å²) in [6, 6.07) is 0. The highest BCUT2D eigenvalue weighted by molar-refractivity contribution is 5.87. The summed E-state index contributed by atoms with van der Waals surface area (Å²) in [4.78, 5) is 24.4. The van der Waals surface area contributed by atoms with Gasteiger partial charge in [0.1, 0.15) is 0 Å². The molecule has 1 fully saturated rings. The van der Waals surface area contributed by atoms with Crippen molar-refractivity contribution in [2.24, 2.45) is 0 Å². The molecule has 4 heteroatoms. The molecule has 0 N–H and O–H groups in total. The Balaban J connectivity index is 2.18. The van der Waals surface area contributed by atoms with Crippen molar-refractivity contribution >= 4 is 11.7 Å². The van der Waals surface area contributed by atoms with E-state index in [0.717, 1.165) is 19.4 Å². The number of nitrogens with zero attached hydrogens (tertiary/aromatic N) is 1. The first kappa shape index (κ1) is 12.2. The average molecular weight is 213 g/mol. The third-order valence-electron chi connectivity index (χ3n) is 2.41. The Labute approximate surface area is 90.6 Å². The average Bonchev–Trinajstić information content (AvgIpc) is 2.24. The number of Topliss-reactive ketones (excluding diaryl/α,β-unsaturated/α-hetero) is 1. The molecule has 0 atom stereocenters.